The van der Waals surface area contributed by atoms with Crippen molar-refractivity contribution in [2.24, 2.45) is 0 Å². The Balaban J connectivity index is 2.58. The van der Waals surface area contributed by atoms with Crippen molar-refractivity contribution in [2.75, 3.05) is 0 Å². The number of halogens is 3. The Bertz CT molecular complexity index is 383. The summed E-state index contributed by atoms with van der Waals surface area (Å²) in [5.74, 6) is 0. The largest absolute Gasteiger partial charge is 0.446 e. The molecule has 0 aliphatic carbocycles. The van der Waals surface area contributed by atoms with E-state index < -0.39 is 5.51 Å². The number of nitrogens with one attached hydrogen (secondary N) is 1. The molecule has 0 fully saturated rings. The first kappa shape index (κ1) is 16.4. The van der Waals surface area contributed by atoms with Crippen LogP contribution in [0.2, 0.25) is 0 Å². The monoisotopic (exact) mass is 291 g/mol. The topological polar surface area (TPSA) is 12.0 Å². The molecule has 0 radical (unpaired) electrons. The zero-order valence-electron chi connectivity index (χ0n) is 11.5. The van der Waals surface area contributed by atoms with Gasteiger partial charge in [-0.1, -0.05) is 26.0 Å². The lowest BCUT2D eigenvalue weighted by Crippen LogP contribution is -2.40. The van der Waals surface area contributed by atoms with Crippen LogP contribution < -0.4 is 5.32 Å². The molecule has 0 aliphatic rings. The van der Waals surface area contributed by atoms with Crippen LogP contribution in [0.4, 0.5) is 13.2 Å². The lowest BCUT2D eigenvalue weighted by Gasteiger charge is -2.28. The van der Waals surface area contributed by atoms with Crippen LogP contribution in [0, 0.1) is 0 Å². The molecule has 0 aliphatic heterocycles. The molecule has 1 nitrogen and oxygen atoms in total. The van der Waals surface area contributed by atoms with Crippen LogP contribution in [0.1, 0.15) is 39.2 Å². The SMILES string of the molecule is CCC(C)(CC)NCc1ccc(SC(F)(F)F)cc1. The second-order valence-electron chi connectivity index (χ2n) is 4.81. The predicted molar refractivity (Wildman–Crippen MR) is 74.2 cm³/mol. The summed E-state index contributed by atoms with van der Waals surface area (Å²) in [4.78, 5) is 0.227. The Labute approximate surface area is 117 Å². The number of thioether (sulfide) groups is 1. The van der Waals surface area contributed by atoms with Gasteiger partial charge in [-0.3, -0.25) is 0 Å². The Kier molecular flexibility index (Phi) is 5.74. The number of alkyl halides is 3. The Morgan fingerprint density at radius 3 is 2.00 bits per heavy atom. The fourth-order valence-corrected chi connectivity index (χ4v) is 2.16. The van der Waals surface area contributed by atoms with Gasteiger partial charge in [0.1, 0.15) is 0 Å². The minimum absolute atomic E-state index is 0.0783. The van der Waals surface area contributed by atoms with Crippen LogP contribution >= 0.6 is 11.8 Å². The second kappa shape index (κ2) is 6.66. The molecule has 0 aromatic heterocycles. The van der Waals surface area contributed by atoms with Gasteiger partial charge in [-0.15, -0.1) is 0 Å². The van der Waals surface area contributed by atoms with E-state index in [9.17, 15) is 13.2 Å². The molecule has 0 saturated carbocycles. The van der Waals surface area contributed by atoms with E-state index in [2.05, 4.69) is 26.1 Å². The van der Waals surface area contributed by atoms with E-state index in [1.165, 1.54) is 12.1 Å². The van der Waals surface area contributed by atoms with E-state index in [-0.39, 0.29) is 22.2 Å². The maximum atomic E-state index is 12.2. The first-order valence-electron chi connectivity index (χ1n) is 6.37. The maximum Gasteiger partial charge on any atom is 0.446 e. The van der Waals surface area contributed by atoms with Gasteiger partial charge in [0.2, 0.25) is 0 Å². The van der Waals surface area contributed by atoms with Crippen molar-refractivity contribution in [1.29, 1.82) is 0 Å². The van der Waals surface area contributed by atoms with Crippen LogP contribution in [0.3, 0.4) is 0 Å². The molecule has 1 aromatic carbocycles. The fraction of sp³-hybridized carbons (Fsp3) is 0.571. The molecule has 0 heterocycles. The average molecular weight is 291 g/mol. The van der Waals surface area contributed by atoms with Crippen molar-refractivity contribution < 1.29 is 13.2 Å². The first-order valence-corrected chi connectivity index (χ1v) is 7.19. The van der Waals surface area contributed by atoms with Gasteiger partial charge in [0.25, 0.3) is 0 Å². The quantitative estimate of drug-likeness (QED) is 0.743. The molecule has 108 valence electrons. The van der Waals surface area contributed by atoms with Crippen LogP contribution in [-0.2, 0) is 6.54 Å². The normalized spacial score (nSPS) is 12.7. The van der Waals surface area contributed by atoms with Gasteiger partial charge in [0.05, 0.1) is 0 Å². The highest BCUT2D eigenvalue weighted by Gasteiger charge is 2.29. The van der Waals surface area contributed by atoms with Gasteiger partial charge in [-0.25, -0.2) is 0 Å². The Morgan fingerprint density at radius 2 is 1.58 bits per heavy atom. The predicted octanol–water partition coefficient (Wildman–Crippen LogP) is 4.97. The van der Waals surface area contributed by atoms with Crippen LogP contribution in [-0.4, -0.2) is 11.0 Å². The zero-order valence-corrected chi connectivity index (χ0v) is 12.3. The molecule has 0 bridgehead atoms. The van der Waals surface area contributed by atoms with Gasteiger partial charge < -0.3 is 5.32 Å². The second-order valence-corrected chi connectivity index (χ2v) is 5.95. The number of rotatable bonds is 6. The van der Waals surface area contributed by atoms with Crippen molar-refractivity contribution in [2.45, 2.75) is 56.1 Å². The van der Waals surface area contributed by atoms with Crippen molar-refractivity contribution in [3.63, 3.8) is 0 Å². The molecule has 0 unspecified atom stereocenters. The van der Waals surface area contributed by atoms with E-state index in [4.69, 9.17) is 0 Å². The van der Waals surface area contributed by atoms with Crippen molar-refractivity contribution >= 4 is 11.8 Å². The number of hydrogen-bond acceptors (Lipinski definition) is 2. The van der Waals surface area contributed by atoms with Gasteiger partial charge in [0, 0.05) is 17.0 Å². The Morgan fingerprint density at radius 1 is 1.05 bits per heavy atom. The smallest absolute Gasteiger partial charge is 0.307 e. The van der Waals surface area contributed by atoms with Crippen molar-refractivity contribution in [3.05, 3.63) is 29.8 Å². The molecule has 5 heteroatoms. The fourth-order valence-electron chi connectivity index (χ4n) is 1.62. The molecule has 1 aromatic rings. The highest BCUT2D eigenvalue weighted by atomic mass is 32.2. The molecule has 0 spiro atoms. The van der Waals surface area contributed by atoms with E-state index in [1.54, 1.807) is 12.1 Å². The Hall–Kier alpha value is -0.680. The molecule has 0 saturated heterocycles. The summed E-state index contributed by atoms with van der Waals surface area (Å²) >= 11 is -0.0783. The molecule has 1 N–H and O–H groups in total. The number of hydrogen-bond donors (Lipinski definition) is 1. The molecule has 0 amide bonds. The summed E-state index contributed by atoms with van der Waals surface area (Å²) in [6.45, 7) is 7.08. The molecule has 1 rings (SSSR count). The van der Waals surface area contributed by atoms with Gasteiger partial charge >= 0.3 is 5.51 Å². The summed E-state index contributed by atoms with van der Waals surface area (Å²) < 4.78 is 36.6. The van der Waals surface area contributed by atoms with E-state index in [0.29, 0.717) is 6.54 Å². The zero-order chi connectivity index (χ0) is 14.5. The van der Waals surface area contributed by atoms with E-state index >= 15 is 0 Å². The summed E-state index contributed by atoms with van der Waals surface area (Å²) in [6.07, 6.45) is 2.04. The molecule has 19 heavy (non-hydrogen) atoms. The first-order chi connectivity index (χ1) is 8.78. The third kappa shape index (κ3) is 5.87. The lowest BCUT2D eigenvalue weighted by atomic mass is 9.95. The standard InChI is InChI=1S/C14H20F3NS/c1-4-13(3,5-2)18-10-11-6-8-12(9-7-11)19-14(15,16)17/h6-9,18H,4-5,10H2,1-3H3. The van der Waals surface area contributed by atoms with Gasteiger partial charge in [-0.2, -0.15) is 13.2 Å². The minimum Gasteiger partial charge on any atom is -0.307 e. The van der Waals surface area contributed by atoms with Crippen LogP contribution in [0.25, 0.3) is 0 Å². The molecular formula is C14H20F3NS. The highest BCUT2D eigenvalue weighted by molar-refractivity contribution is 8.00. The molecule has 0 atom stereocenters. The number of benzene rings is 1. The van der Waals surface area contributed by atoms with Crippen molar-refractivity contribution in [1.82, 2.24) is 5.32 Å². The van der Waals surface area contributed by atoms with E-state index in [0.717, 1.165) is 18.4 Å². The highest BCUT2D eigenvalue weighted by Crippen LogP contribution is 2.36. The maximum absolute atomic E-state index is 12.2. The summed E-state index contributed by atoms with van der Waals surface area (Å²) in [6, 6.07) is 6.52. The van der Waals surface area contributed by atoms with Crippen LogP contribution in [0.15, 0.2) is 29.2 Å². The van der Waals surface area contributed by atoms with Crippen molar-refractivity contribution in [3.8, 4) is 0 Å². The summed E-state index contributed by atoms with van der Waals surface area (Å²) in [7, 11) is 0. The minimum atomic E-state index is -4.22. The molecular weight excluding hydrogens is 271 g/mol. The summed E-state index contributed by atoms with van der Waals surface area (Å²) in [5, 5.41) is 3.45. The lowest BCUT2D eigenvalue weighted by molar-refractivity contribution is -0.0328. The van der Waals surface area contributed by atoms with Crippen LogP contribution in [0.5, 0.6) is 0 Å². The third-order valence-corrected chi connectivity index (χ3v) is 4.18. The van der Waals surface area contributed by atoms with Gasteiger partial charge in [0.15, 0.2) is 0 Å². The third-order valence-electron chi connectivity index (χ3n) is 3.44. The average Bonchev–Trinajstić information content (AvgIpc) is 2.36. The van der Waals surface area contributed by atoms with E-state index in [1.807, 2.05) is 0 Å². The summed E-state index contributed by atoms with van der Waals surface area (Å²) in [5.41, 5.74) is -3.14. The van der Waals surface area contributed by atoms with Gasteiger partial charge in [-0.05, 0) is 49.2 Å².